The van der Waals surface area contributed by atoms with Gasteiger partial charge in [0.2, 0.25) is 5.91 Å². The minimum Gasteiger partial charge on any atom is -0.341 e. The standard InChI is InChI=1S/C13H26N4O/c1-14-11-13(18)17-5-3-12(4-6-17)16-9-7-15(2)8-10-16/h12,14H,3-11H2,1-2H3. The zero-order valence-corrected chi connectivity index (χ0v) is 11.7. The predicted octanol–water partition coefficient (Wildman–Crippen LogP) is -0.556. The highest BCUT2D eigenvalue weighted by Gasteiger charge is 2.27. The number of likely N-dealkylation sites (tertiary alicyclic amines) is 1. The van der Waals surface area contributed by atoms with E-state index in [9.17, 15) is 4.79 Å². The van der Waals surface area contributed by atoms with Crippen LogP contribution in [-0.2, 0) is 4.79 Å². The Balaban J connectivity index is 1.74. The van der Waals surface area contributed by atoms with Gasteiger partial charge in [0.25, 0.3) is 0 Å². The Morgan fingerprint density at radius 2 is 1.72 bits per heavy atom. The quantitative estimate of drug-likeness (QED) is 0.733. The van der Waals surface area contributed by atoms with E-state index in [1.807, 2.05) is 11.9 Å². The van der Waals surface area contributed by atoms with Crippen LogP contribution in [0.25, 0.3) is 0 Å². The molecule has 0 aliphatic carbocycles. The number of carbonyl (C=O) groups excluding carboxylic acids is 1. The maximum atomic E-state index is 11.8. The van der Waals surface area contributed by atoms with Gasteiger partial charge in [-0.1, -0.05) is 0 Å². The first-order chi connectivity index (χ1) is 8.70. The van der Waals surface area contributed by atoms with Crippen LogP contribution in [0.3, 0.4) is 0 Å². The normalized spacial score (nSPS) is 24.4. The van der Waals surface area contributed by atoms with Crippen molar-refractivity contribution in [2.45, 2.75) is 18.9 Å². The molecule has 2 heterocycles. The highest BCUT2D eigenvalue weighted by Crippen LogP contribution is 2.17. The van der Waals surface area contributed by atoms with Crippen molar-refractivity contribution in [3.05, 3.63) is 0 Å². The largest absolute Gasteiger partial charge is 0.341 e. The molecule has 0 atom stereocenters. The molecule has 104 valence electrons. The molecule has 0 aromatic heterocycles. The Bertz CT molecular complexity index is 268. The Labute approximate surface area is 110 Å². The lowest BCUT2D eigenvalue weighted by atomic mass is 10.0. The van der Waals surface area contributed by atoms with E-state index in [2.05, 4.69) is 22.2 Å². The molecule has 5 nitrogen and oxygen atoms in total. The molecule has 0 bridgehead atoms. The Morgan fingerprint density at radius 1 is 1.11 bits per heavy atom. The Morgan fingerprint density at radius 3 is 2.28 bits per heavy atom. The number of piperazine rings is 1. The summed E-state index contributed by atoms with van der Waals surface area (Å²) in [4.78, 5) is 18.8. The first-order valence-corrected chi connectivity index (χ1v) is 7.05. The molecule has 2 aliphatic rings. The summed E-state index contributed by atoms with van der Waals surface area (Å²) in [6.45, 7) is 7.06. The molecule has 0 aromatic rings. The molecule has 18 heavy (non-hydrogen) atoms. The number of nitrogens with zero attached hydrogens (tertiary/aromatic N) is 3. The van der Waals surface area contributed by atoms with Gasteiger partial charge in [0.1, 0.15) is 0 Å². The van der Waals surface area contributed by atoms with Gasteiger partial charge < -0.3 is 15.1 Å². The van der Waals surface area contributed by atoms with E-state index in [4.69, 9.17) is 0 Å². The van der Waals surface area contributed by atoms with Crippen molar-refractivity contribution in [3.8, 4) is 0 Å². The molecule has 1 amide bonds. The van der Waals surface area contributed by atoms with E-state index >= 15 is 0 Å². The second-order valence-corrected chi connectivity index (χ2v) is 5.48. The smallest absolute Gasteiger partial charge is 0.236 e. The first-order valence-electron chi connectivity index (χ1n) is 7.05. The number of likely N-dealkylation sites (N-methyl/N-ethyl adjacent to an activating group) is 2. The van der Waals surface area contributed by atoms with Gasteiger partial charge >= 0.3 is 0 Å². The average molecular weight is 254 g/mol. The fourth-order valence-corrected chi connectivity index (χ4v) is 2.93. The summed E-state index contributed by atoms with van der Waals surface area (Å²) < 4.78 is 0. The van der Waals surface area contributed by atoms with Crippen LogP contribution in [0, 0.1) is 0 Å². The molecule has 0 aromatic carbocycles. The summed E-state index contributed by atoms with van der Waals surface area (Å²) in [6.07, 6.45) is 2.28. The van der Waals surface area contributed by atoms with Crippen LogP contribution in [0.5, 0.6) is 0 Å². The van der Waals surface area contributed by atoms with Gasteiger partial charge in [-0.05, 0) is 26.9 Å². The van der Waals surface area contributed by atoms with Crippen molar-refractivity contribution in [2.75, 3.05) is 59.9 Å². The number of piperidine rings is 1. The van der Waals surface area contributed by atoms with E-state index in [0.29, 0.717) is 12.6 Å². The summed E-state index contributed by atoms with van der Waals surface area (Å²) in [5, 5.41) is 2.94. The number of carbonyl (C=O) groups is 1. The summed E-state index contributed by atoms with van der Waals surface area (Å²) in [5.41, 5.74) is 0. The van der Waals surface area contributed by atoms with Gasteiger partial charge in [-0.25, -0.2) is 0 Å². The molecule has 2 saturated heterocycles. The third-order valence-electron chi connectivity index (χ3n) is 4.20. The molecule has 1 N–H and O–H groups in total. The number of rotatable bonds is 3. The van der Waals surface area contributed by atoms with Crippen molar-refractivity contribution in [2.24, 2.45) is 0 Å². The van der Waals surface area contributed by atoms with Crippen LogP contribution in [0.1, 0.15) is 12.8 Å². The topological polar surface area (TPSA) is 38.8 Å². The molecule has 0 saturated carbocycles. The second-order valence-electron chi connectivity index (χ2n) is 5.48. The molecule has 2 fully saturated rings. The minimum absolute atomic E-state index is 0.245. The van der Waals surface area contributed by atoms with E-state index in [1.165, 1.54) is 26.2 Å². The minimum atomic E-state index is 0.245. The van der Waals surface area contributed by atoms with Crippen molar-refractivity contribution in [1.29, 1.82) is 0 Å². The van der Waals surface area contributed by atoms with E-state index in [0.717, 1.165) is 25.9 Å². The molecule has 2 aliphatic heterocycles. The maximum absolute atomic E-state index is 11.8. The maximum Gasteiger partial charge on any atom is 0.236 e. The van der Waals surface area contributed by atoms with Crippen molar-refractivity contribution in [1.82, 2.24) is 20.0 Å². The SMILES string of the molecule is CNCC(=O)N1CCC(N2CCN(C)CC2)CC1. The first kappa shape index (κ1) is 13.8. The van der Waals surface area contributed by atoms with Gasteiger partial charge in [0.15, 0.2) is 0 Å². The highest BCUT2D eigenvalue weighted by atomic mass is 16.2. The lowest BCUT2D eigenvalue weighted by Crippen LogP contribution is -2.53. The van der Waals surface area contributed by atoms with Crippen LogP contribution in [0.4, 0.5) is 0 Å². The molecule has 0 spiro atoms. The zero-order valence-electron chi connectivity index (χ0n) is 11.7. The zero-order chi connectivity index (χ0) is 13.0. The number of amides is 1. The number of hydrogen-bond acceptors (Lipinski definition) is 4. The van der Waals surface area contributed by atoms with E-state index < -0.39 is 0 Å². The van der Waals surface area contributed by atoms with Gasteiger partial charge in [-0.2, -0.15) is 0 Å². The summed E-state index contributed by atoms with van der Waals surface area (Å²) >= 11 is 0. The van der Waals surface area contributed by atoms with Crippen LogP contribution in [-0.4, -0.2) is 86.6 Å². The number of nitrogens with one attached hydrogen (secondary N) is 1. The summed E-state index contributed by atoms with van der Waals surface area (Å²) in [7, 11) is 4.02. The monoisotopic (exact) mass is 254 g/mol. The second kappa shape index (κ2) is 6.50. The van der Waals surface area contributed by atoms with Gasteiger partial charge in [0, 0.05) is 45.3 Å². The van der Waals surface area contributed by atoms with E-state index in [-0.39, 0.29) is 5.91 Å². The molecule has 0 radical (unpaired) electrons. The molecular formula is C13H26N4O. The molecule has 0 unspecified atom stereocenters. The van der Waals surface area contributed by atoms with Crippen LogP contribution < -0.4 is 5.32 Å². The summed E-state index contributed by atoms with van der Waals surface area (Å²) in [5.74, 6) is 0.245. The summed E-state index contributed by atoms with van der Waals surface area (Å²) in [6, 6.07) is 0.692. The lowest BCUT2D eigenvalue weighted by Gasteiger charge is -2.42. The third-order valence-corrected chi connectivity index (χ3v) is 4.20. The van der Waals surface area contributed by atoms with Gasteiger partial charge in [-0.15, -0.1) is 0 Å². The van der Waals surface area contributed by atoms with Crippen LogP contribution in [0.2, 0.25) is 0 Å². The fraction of sp³-hybridized carbons (Fsp3) is 0.923. The van der Waals surface area contributed by atoms with Crippen LogP contribution >= 0.6 is 0 Å². The van der Waals surface area contributed by atoms with Gasteiger partial charge in [0.05, 0.1) is 6.54 Å². The molecule has 5 heteroatoms. The molecular weight excluding hydrogens is 228 g/mol. The van der Waals surface area contributed by atoms with E-state index in [1.54, 1.807) is 0 Å². The molecule has 2 rings (SSSR count). The van der Waals surface area contributed by atoms with Crippen molar-refractivity contribution >= 4 is 5.91 Å². The van der Waals surface area contributed by atoms with Crippen molar-refractivity contribution < 1.29 is 4.79 Å². The Hall–Kier alpha value is -0.650. The van der Waals surface area contributed by atoms with Crippen LogP contribution in [0.15, 0.2) is 0 Å². The van der Waals surface area contributed by atoms with Gasteiger partial charge in [-0.3, -0.25) is 9.69 Å². The highest BCUT2D eigenvalue weighted by molar-refractivity contribution is 5.78. The van der Waals surface area contributed by atoms with Crippen molar-refractivity contribution in [3.63, 3.8) is 0 Å². The predicted molar refractivity (Wildman–Crippen MR) is 72.6 cm³/mol. The number of hydrogen-bond donors (Lipinski definition) is 1. The fourth-order valence-electron chi connectivity index (χ4n) is 2.93. The Kier molecular flexibility index (Phi) is 4.97. The average Bonchev–Trinajstić information content (AvgIpc) is 2.40. The lowest BCUT2D eigenvalue weighted by molar-refractivity contribution is -0.131. The third kappa shape index (κ3) is 3.43.